The van der Waals surface area contributed by atoms with E-state index in [9.17, 15) is 4.79 Å². The molecule has 0 atom stereocenters. The predicted molar refractivity (Wildman–Crippen MR) is 122 cm³/mol. The van der Waals surface area contributed by atoms with Gasteiger partial charge in [-0.15, -0.1) is 0 Å². The number of hydrogen-bond donors (Lipinski definition) is 0. The van der Waals surface area contributed by atoms with Crippen molar-refractivity contribution < 1.29 is 19.0 Å². The minimum Gasteiger partial charge on any atom is -0.493 e. The number of carbonyl (C=O) groups excluding carboxylic acids is 1. The van der Waals surface area contributed by atoms with E-state index < -0.39 is 0 Å². The lowest BCUT2D eigenvalue weighted by atomic mass is 10.1. The Morgan fingerprint density at radius 3 is 2.13 bits per heavy atom. The SMILES string of the molecule is CCCN(CCC)C(=O)Cn1c(-c2cc(OC)c(OC)c(OC)c2)nc2ccccc21. The van der Waals surface area contributed by atoms with Crippen molar-refractivity contribution in [2.24, 2.45) is 0 Å². The molecule has 0 N–H and O–H groups in total. The molecular weight excluding hydrogens is 394 g/mol. The molecule has 2 aromatic carbocycles. The summed E-state index contributed by atoms with van der Waals surface area (Å²) in [5.74, 6) is 2.37. The number of nitrogens with zero attached hydrogens (tertiary/aromatic N) is 3. The van der Waals surface area contributed by atoms with Gasteiger partial charge in [-0.1, -0.05) is 26.0 Å². The van der Waals surface area contributed by atoms with E-state index in [1.165, 1.54) is 0 Å². The molecule has 7 nitrogen and oxygen atoms in total. The third-order valence-electron chi connectivity index (χ3n) is 5.21. The molecule has 31 heavy (non-hydrogen) atoms. The normalized spacial score (nSPS) is 10.9. The lowest BCUT2D eigenvalue weighted by Crippen LogP contribution is -2.35. The number of benzene rings is 2. The van der Waals surface area contributed by atoms with E-state index in [1.807, 2.05) is 45.9 Å². The lowest BCUT2D eigenvalue weighted by molar-refractivity contribution is -0.131. The number of imidazole rings is 1. The Kier molecular flexibility index (Phi) is 7.39. The van der Waals surface area contributed by atoms with Gasteiger partial charge >= 0.3 is 0 Å². The number of aromatic nitrogens is 2. The molecular formula is C24H31N3O4. The number of hydrogen-bond acceptors (Lipinski definition) is 5. The molecule has 0 aliphatic heterocycles. The van der Waals surface area contributed by atoms with Gasteiger partial charge in [0.1, 0.15) is 12.4 Å². The van der Waals surface area contributed by atoms with E-state index >= 15 is 0 Å². The van der Waals surface area contributed by atoms with Crippen LogP contribution in [0.2, 0.25) is 0 Å². The van der Waals surface area contributed by atoms with Crippen LogP contribution >= 0.6 is 0 Å². The first-order valence-electron chi connectivity index (χ1n) is 10.6. The first-order valence-corrected chi connectivity index (χ1v) is 10.6. The summed E-state index contributed by atoms with van der Waals surface area (Å²) in [4.78, 5) is 19.9. The first-order chi connectivity index (χ1) is 15.1. The molecule has 0 aliphatic carbocycles. The highest BCUT2D eigenvalue weighted by atomic mass is 16.5. The summed E-state index contributed by atoms with van der Waals surface area (Å²) < 4.78 is 18.5. The summed E-state index contributed by atoms with van der Waals surface area (Å²) in [7, 11) is 4.74. The van der Waals surface area contributed by atoms with Gasteiger partial charge in [-0.3, -0.25) is 4.79 Å². The number of amides is 1. The van der Waals surface area contributed by atoms with Crippen LogP contribution in [0, 0.1) is 0 Å². The molecule has 0 spiro atoms. The number of carbonyl (C=O) groups is 1. The van der Waals surface area contributed by atoms with Gasteiger partial charge in [0.25, 0.3) is 0 Å². The molecule has 1 heterocycles. The molecule has 0 radical (unpaired) electrons. The molecule has 0 bridgehead atoms. The number of para-hydroxylation sites is 2. The van der Waals surface area contributed by atoms with Crippen molar-refractivity contribution in [3.05, 3.63) is 36.4 Å². The maximum Gasteiger partial charge on any atom is 0.242 e. The van der Waals surface area contributed by atoms with Crippen molar-refractivity contribution in [2.75, 3.05) is 34.4 Å². The zero-order valence-corrected chi connectivity index (χ0v) is 19.0. The summed E-state index contributed by atoms with van der Waals surface area (Å²) in [5.41, 5.74) is 2.53. The molecule has 166 valence electrons. The molecule has 0 saturated heterocycles. The van der Waals surface area contributed by atoms with Crippen LogP contribution in [0.25, 0.3) is 22.4 Å². The Bertz CT molecular complexity index is 1010. The highest BCUT2D eigenvalue weighted by Gasteiger charge is 2.21. The van der Waals surface area contributed by atoms with Gasteiger partial charge in [-0.25, -0.2) is 4.98 Å². The van der Waals surface area contributed by atoms with E-state index in [2.05, 4.69) is 13.8 Å². The summed E-state index contributed by atoms with van der Waals surface area (Å²) in [5, 5.41) is 0. The van der Waals surface area contributed by atoms with Crippen molar-refractivity contribution in [3.63, 3.8) is 0 Å². The Morgan fingerprint density at radius 2 is 1.58 bits per heavy atom. The van der Waals surface area contributed by atoms with Crippen molar-refractivity contribution in [1.82, 2.24) is 14.5 Å². The topological polar surface area (TPSA) is 65.8 Å². The third kappa shape index (κ3) is 4.60. The molecule has 0 fully saturated rings. The molecule has 0 saturated carbocycles. The highest BCUT2D eigenvalue weighted by molar-refractivity contribution is 5.85. The van der Waals surface area contributed by atoms with Crippen LogP contribution in [0.3, 0.4) is 0 Å². The summed E-state index contributed by atoms with van der Waals surface area (Å²) in [6, 6.07) is 11.6. The number of ether oxygens (including phenoxy) is 3. The van der Waals surface area contributed by atoms with E-state index in [4.69, 9.17) is 19.2 Å². The fraction of sp³-hybridized carbons (Fsp3) is 0.417. The maximum atomic E-state index is 13.2. The summed E-state index contributed by atoms with van der Waals surface area (Å²) in [6.07, 6.45) is 1.85. The van der Waals surface area contributed by atoms with Crippen molar-refractivity contribution in [2.45, 2.75) is 33.2 Å². The van der Waals surface area contributed by atoms with Gasteiger partial charge in [0.15, 0.2) is 11.5 Å². The van der Waals surface area contributed by atoms with E-state index in [-0.39, 0.29) is 12.5 Å². The third-order valence-corrected chi connectivity index (χ3v) is 5.21. The van der Waals surface area contributed by atoms with Gasteiger partial charge in [-0.05, 0) is 37.1 Å². The van der Waals surface area contributed by atoms with Crippen LogP contribution in [-0.2, 0) is 11.3 Å². The largest absolute Gasteiger partial charge is 0.493 e. The highest BCUT2D eigenvalue weighted by Crippen LogP contribution is 2.41. The monoisotopic (exact) mass is 425 g/mol. The van der Waals surface area contributed by atoms with Crippen LogP contribution in [0.1, 0.15) is 26.7 Å². The van der Waals surface area contributed by atoms with Crippen molar-refractivity contribution >= 4 is 16.9 Å². The summed E-state index contributed by atoms with van der Waals surface area (Å²) >= 11 is 0. The van der Waals surface area contributed by atoms with Crippen LogP contribution in [0.5, 0.6) is 17.2 Å². The Hall–Kier alpha value is -3.22. The van der Waals surface area contributed by atoms with E-state index in [1.54, 1.807) is 21.3 Å². The molecule has 1 amide bonds. The number of methoxy groups -OCH3 is 3. The Labute approximate surface area is 183 Å². The van der Waals surface area contributed by atoms with Gasteiger partial charge < -0.3 is 23.7 Å². The Morgan fingerprint density at radius 1 is 0.968 bits per heavy atom. The molecule has 7 heteroatoms. The standard InChI is InChI=1S/C24H31N3O4/c1-6-12-26(13-7-2)22(28)16-27-19-11-9-8-10-18(19)25-24(27)17-14-20(29-3)23(31-5)21(15-17)30-4/h8-11,14-15H,6-7,12-13,16H2,1-5H3. The minimum absolute atomic E-state index is 0.0838. The number of rotatable bonds is 10. The second-order valence-corrected chi connectivity index (χ2v) is 7.31. The smallest absolute Gasteiger partial charge is 0.242 e. The second kappa shape index (κ2) is 10.2. The fourth-order valence-electron chi connectivity index (χ4n) is 3.80. The zero-order chi connectivity index (χ0) is 22.4. The average molecular weight is 426 g/mol. The minimum atomic E-state index is 0.0838. The lowest BCUT2D eigenvalue weighted by Gasteiger charge is -2.22. The van der Waals surface area contributed by atoms with Gasteiger partial charge in [0.05, 0.1) is 32.4 Å². The van der Waals surface area contributed by atoms with Crippen LogP contribution in [0.15, 0.2) is 36.4 Å². The number of fused-ring (bicyclic) bond motifs is 1. The molecule has 3 rings (SSSR count). The first kappa shape index (κ1) is 22.5. The summed E-state index contributed by atoms with van der Waals surface area (Å²) in [6.45, 7) is 5.89. The van der Waals surface area contributed by atoms with Gasteiger partial charge in [-0.2, -0.15) is 0 Å². The van der Waals surface area contributed by atoms with Crippen molar-refractivity contribution in [3.8, 4) is 28.6 Å². The molecule has 0 unspecified atom stereocenters. The fourth-order valence-corrected chi connectivity index (χ4v) is 3.80. The maximum absolute atomic E-state index is 13.2. The molecule has 3 aromatic rings. The molecule has 1 aromatic heterocycles. The van der Waals surface area contributed by atoms with E-state index in [0.29, 0.717) is 23.1 Å². The van der Waals surface area contributed by atoms with Gasteiger partial charge in [0, 0.05) is 18.7 Å². The van der Waals surface area contributed by atoms with Crippen LogP contribution in [-0.4, -0.2) is 54.8 Å². The quantitative estimate of drug-likeness (QED) is 0.482. The van der Waals surface area contributed by atoms with Gasteiger partial charge in [0.2, 0.25) is 11.7 Å². The zero-order valence-electron chi connectivity index (χ0n) is 19.0. The Balaban J connectivity index is 2.13. The van der Waals surface area contributed by atoms with Crippen molar-refractivity contribution in [1.29, 1.82) is 0 Å². The van der Waals surface area contributed by atoms with E-state index in [0.717, 1.165) is 42.5 Å². The molecule has 0 aliphatic rings. The predicted octanol–water partition coefficient (Wildman–Crippen LogP) is 4.38. The average Bonchev–Trinajstić information content (AvgIpc) is 3.16. The second-order valence-electron chi connectivity index (χ2n) is 7.31. The van der Waals surface area contributed by atoms with Crippen LogP contribution < -0.4 is 14.2 Å². The van der Waals surface area contributed by atoms with Crippen LogP contribution in [0.4, 0.5) is 0 Å².